The summed E-state index contributed by atoms with van der Waals surface area (Å²) >= 11 is 1.96. The number of carbonyl (C=O) groups is 1. The van der Waals surface area contributed by atoms with Gasteiger partial charge in [0.15, 0.2) is 0 Å². The number of hydrogen-bond acceptors (Lipinski definition) is 4. The van der Waals surface area contributed by atoms with Gasteiger partial charge in [-0.15, -0.1) is 11.8 Å². The highest BCUT2D eigenvalue weighted by atomic mass is 32.2. The molecule has 0 unspecified atom stereocenters. The van der Waals surface area contributed by atoms with Crippen molar-refractivity contribution < 1.29 is 14.3 Å². The Labute approximate surface area is 196 Å². The number of rotatable bonds is 9. The van der Waals surface area contributed by atoms with Gasteiger partial charge in [0, 0.05) is 10.5 Å². The van der Waals surface area contributed by atoms with Crippen molar-refractivity contribution in [3.8, 4) is 5.75 Å². The third-order valence-electron chi connectivity index (χ3n) is 6.51. The Morgan fingerprint density at radius 1 is 1.03 bits per heavy atom. The van der Waals surface area contributed by atoms with E-state index in [-0.39, 0.29) is 0 Å². The van der Waals surface area contributed by atoms with Crippen molar-refractivity contribution in [2.75, 3.05) is 17.7 Å². The average Bonchev–Trinajstić information content (AvgIpc) is 2.79. The Morgan fingerprint density at radius 2 is 1.81 bits per heavy atom. The summed E-state index contributed by atoms with van der Waals surface area (Å²) in [6.45, 7) is 4.50. The fraction of sp³-hybridized carbons (Fsp3) is 0.519. The van der Waals surface area contributed by atoms with Gasteiger partial charge >= 0.3 is 6.09 Å². The first-order chi connectivity index (χ1) is 15.5. The van der Waals surface area contributed by atoms with Crippen LogP contribution in [0.2, 0.25) is 0 Å². The zero-order valence-electron chi connectivity index (χ0n) is 19.3. The number of benzene rings is 2. The van der Waals surface area contributed by atoms with Crippen molar-refractivity contribution in [1.82, 2.24) is 0 Å². The zero-order valence-corrected chi connectivity index (χ0v) is 20.1. The van der Waals surface area contributed by atoms with Crippen LogP contribution in [0.4, 0.5) is 10.5 Å². The highest BCUT2D eigenvalue weighted by Crippen LogP contribution is 2.37. The third kappa shape index (κ3) is 6.00. The molecule has 172 valence electrons. The lowest BCUT2D eigenvalue weighted by molar-refractivity contribution is 0.0418. The highest BCUT2D eigenvalue weighted by Gasteiger charge is 2.33. The van der Waals surface area contributed by atoms with Crippen molar-refractivity contribution in [3.05, 3.63) is 53.6 Å². The minimum Gasteiger partial charge on any atom is -0.494 e. The average molecular weight is 454 g/mol. The first kappa shape index (κ1) is 23.0. The lowest BCUT2D eigenvalue weighted by Gasteiger charge is -2.32. The van der Waals surface area contributed by atoms with Crippen molar-refractivity contribution in [2.24, 2.45) is 0 Å². The van der Waals surface area contributed by atoms with Crippen LogP contribution in [-0.4, -0.2) is 18.5 Å². The van der Waals surface area contributed by atoms with Gasteiger partial charge < -0.3 is 9.47 Å². The summed E-state index contributed by atoms with van der Waals surface area (Å²) in [7, 11) is 0. The molecule has 5 heteroatoms. The van der Waals surface area contributed by atoms with Crippen LogP contribution in [0.3, 0.4) is 0 Å². The van der Waals surface area contributed by atoms with Crippen molar-refractivity contribution in [1.29, 1.82) is 0 Å². The number of hydrogen-bond donors (Lipinski definition) is 1. The van der Waals surface area contributed by atoms with Gasteiger partial charge in [-0.3, -0.25) is 5.32 Å². The van der Waals surface area contributed by atoms with E-state index in [0.717, 1.165) is 41.5 Å². The van der Waals surface area contributed by atoms with Gasteiger partial charge in [0.1, 0.15) is 11.4 Å². The molecule has 1 amide bonds. The van der Waals surface area contributed by atoms with E-state index in [9.17, 15) is 4.79 Å². The molecule has 1 aliphatic carbocycles. The lowest BCUT2D eigenvalue weighted by Crippen LogP contribution is -2.34. The van der Waals surface area contributed by atoms with Gasteiger partial charge in [-0.05, 0) is 93.5 Å². The SMILES string of the molecule is CC1(C)OC(=O)Nc2ccc(OCCCCCSc3ccc(C4CCCCC4)cc3)cc21. The molecule has 4 rings (SSSR count). The number of ether oxygens (including phenoxy) is 2. The van der Waals surface area contributed by atoms with Crippen LogP contribution in [0.15, 0.2) is 47.4 Å². The fourth-order valence-corrected chi connectivity index (χ4v) is 5.59. The molecule has 1 aliphatic heterocycles. The Kier molecular flexibility index (Phi) is 7.67. The molecule has 0 aromatic heterocycles. The van der Waals surface area contributed by atoms with Gasteiger partial charge in [-0.25, -0.2) is 4.79 Å². The number of anilines is 1. The summed E-state index contributed by atoms with van der Waals surface area (Å²) in [6, 6.07) is 15.1. The molecular weight excluding hydrogens is 418 g/mol. The molecule has 0 atom stereocenters. The molecule has 0 spiro atoms. The Bertz CT molecular complexity index is 904. The minimum absolute atomic E-state index is 0.408. The molecule has 1 saturated carbocycles. The normalized spacial score (nSPS) is 17.9. The molecule has 4 nitrogen and oxygen atoms in total. The van der Waals surface area contributed by atoms with Crippen molar-refractivity contribution in [3.63, 3.8) is 0 Å². The van der Waals surface area contributed by atoms with E-state index in [4.69, 9.17) is 9.47 Å². The summed E-state index contributed by atoms with van der Waals surface area (Å²) in [5.41, 5.74) is 2.62. The smallest absolute Gasteiger partial charge is 0.412 e. The van der Waals surface area contributed by atoms with Gasteiger partial charge in [-0.1, -0.05) is 31.4 Å². The lowest BCUT2D eigenvalue weighted by atomic mass is 9.84. The predicted octanol–water partition coefficient (Wildman–Crippen LogP) is 7.87. The first-order valence-electron chi connectivity index (χ1n) is 12.0. The molecule has 1 fully saturated rings. The molecule has 0 bridgehead atoms. The van der Waals surface area contributed by atoms with E-state index in [1.165, 1.54) is 49.0 Å². The van der Waals surface area contributed by atoms with E-state index in [0.29, 0.717) is 6.61 Å². The number of fused-ring (bicyclic) bond motifs is 1. The van der Waals surface area contributed by atoms with Gasteiger partial charge in [0.2, 0.25) is 0 Å². The van der Waals surface area contributed by atoms with Crippen molar-refractivity contribution in [2.45, 2.75) is 81.6 Å². The monoisotopic (exact) mass is 453 g/mol. The molecule has 1 heterocycles. The number of amides is 1. The van der Waals surface area contributed by atoms with Crippen LogP contribution in [-0.2, 0) is 10.3 Å². The Morgan fingerprint density at radius 3 is 2.59 bits per heavy atom. The van der Waals surface area contributed by atoms with Gasteiger partial charge in [0.25, 0.3) is 0 Å². The Hall–Kier alpha value is -2.14. The maximum Gasteiger partial charge on any atom is 0.412 e. The molecule has 1 N–H and O–H groups in total. The quantitative estimate of drug-likeness (QED) is 0.310. The predicted molar refractivity (Wildman–Crippen MR) is 132 cm³/mol. The molecule has 32 heavy (non-hydrogen) atoms. The van der Waals surface area contributed by atoms with Gasteiger partial charge in [-0.2, -0.15) is 0 Å². The summed E-state index contributed by atoms with van der Waals surface area (Å²) in [4.78, 5) is 13.0. The number of nitrogens with one attached hydrogen (secondary N) is 1. The molecule has 0 radical (unpaired) electrons. The van der Waals surface area contributed by atoms with Crippen LogP contribution >= 0.6 is 11.8 Å². The van der Waals surface area contributed by atoms with Crippen LogP contribution in [0, 0.1) is 0 Å². The molecule has 0 saturated heterocycles. The maximum atomic E-state index is 11.6. The summed E-state index contributed by atoms with van der Waals surface area (Å²) < 4.78 is 11.3. The molecular formula is C27H35NO3S. The maximum absolute atomic E-state index is 11.6. The van der Waals surface area contributed by atoms with E-state index in [1.54, 1.807) is 0 Å². The van der Waals surface area contributed by atoms with Crippen molar-refractivity contribution >= 4 is 23.5 Å². The van der Waals surface area contributed by atoms with E-state index in [1.807, 2.05) is 43.8 Å². The fourth-order valence-electron chi connectivity index (χ4n) is 4.68. The second-order valence-electron chi connectivity index (χ2n) is 9.39. The Balaban J connectivity index is 1.13. The zero-order chi connectivity index (χ0) is 22.4. The molecule has 2 aromatic carbocycles. The largest absolute Gasteiger partial charge is 0.494 e. The van der Waals surface area contributed by atoms with Crippen LogP contribution in [0.1, 0.15) is 82.3 Å². The number of carbonyl (C=O) groups excluding carboxylic acids is 1. The van der Waals surface area contributed by atoms with E-state index < -0.39 is 11.7 Å². The first-order valence-corrected chi connectivity index (χ1v) is 13.0. The van der Waals surface area contributed by atoms with Crippen LogP contribution < -0.4 is 10.1 Å². The van der Waals surface area contributed by atoms with Crippen LogP contribution in [0.25, 0.3) is 0 Å². The summed E-state index contributed by atoms with van der Waals surface area (Å²) in [6.07, 6.45) is 9.89. The number of thioether (sulfide) groups is 1. The second-order valence-corrected chi connectivity index (χ2v) is 10.6. The minimum atomic E-state index is -0.650. The van der Waals surface area contributed by atoms with Gasteiger partial charge in [0.05, 0.1) is 12.3 Å². The molecule has 2 aliphatic rings. The number of unbranched alkanes of at least 4 members (excludes halogenated alkanes) is 2. The highest BCUT2D eigenvalue weighted by molar-refractivity contribution is 7.99. The third-order valence-corrected chi connectivity index (χ3v) is 7.61. The number of cyclic esters (lactones) is 1. The summed E-state index contributed by atoms with van der Waals surface area (Å²) in [5.74, 6) is 2.76. The van der Waals surface area contributed by atoms with Crippen LogP contribution in [0.5, 0.6) is 5.75 Å². The van der Waals surface area contributed by atoms with E-state index in [2.05, 4.69) is 29.6 Å². The second kappa shape index (κ2) is 10.7. The topological polar surface area (TPSA) is 47.6 Å². The summed E-state index contributed by atoms with van der Waals surface area (Å²) in [5, 5.41) is 2.75. The van der Waals surface area contributed by atoms with E-state index >= 15 is 0 Å². The standard InChI is InChI=1S/C27H35NO3S/c1-27(2)24-19-22(13-16-25(24)28-26(29)31-27)30-17-7-4-8-18-32-23-14-11-21(12-15-23)20-9-5-3-6-10-20/h11-16,19-20H,3-10,17-18H2,1-2H3,(H,28,29). The molecule has 2 aromatic rings.